The molecule has 0 rings (SSSR count). The number of rotatable bonds is 68. The summed E-state index contributed by atoms with van der Waals surface area (Å²) in [7, 11) is -4.40. The molecule has 0 fully saturated rings. The summed E-state index contributed by atoms with van der Waals surface area (Å²) in [6.45, 7) is 3.56. The monoisotopic (exact) mass is 1230 g/mol. The van der Waals surface area contributed by atoms with Gasteiger partial charge in [-0.2, -0.15) is 0 Å². The van der Waals surface area contributed by atoms with Gasteiger partial charge in [-0.3, -0.25) is 18.6 Å². The highest BCUT2D eigenvalue weighted by Crippen LogP contribution is 2.43. The first-order chi connectivity index (χ1) is 42.8. The van der Waals surface area contributed by atoms with Crippen LogP contribution < -0.4 is 5.73 Å². The Hall–Kier alpha value is -3.33. The smallest absolute Gasteiger partial charge is 0.462 e. The van der Waals surface area contributed by atoms with Gasteiger partial charge in [0.1, 0.15) is 6.61 Å². The molecule has 0 saturated carbocycles. The van der Waals surface area contributed by atoms with Gasteiger partial charge >= 0.3 is 19.8 Å². The summed E-state index contributed by atoms with van der Waals surface area (Å²) in [4.78, 5) is 35.4. The third-order valence-corrected chi connectivity index (χ3v) is 16.6. The average Bonchev–Trinajstić information content (AvgIpc) is 3.64. The van der Waals surface area contributed by atoms with E-state index in [9.17, 15) is 19.0 Å². The molecule has 0 spiro atoms. The summed E-state index contributed by atoms with van der Waals surface area (Å²) in [5.41, 5.74) is 5.41. The molecule has 0 aliphatic carbocycles. The Morgan fingerprint density at radius 3 is 0.885 bits per heavy atom. The molecule has 2 unspecified atom stereocenters. The molecule has 9 nitrogen and oxygen atoms in total. The summed E-state index contributed by atoms with van der Waals surface area (Å²) in [5, 5.41) is 0. The van der Waals surface area contributed by atoms with Crippen molar-refractivity contribution in [2.24, 2.45) is 5.73 Å². The number of unbranched alkanes of at least 4 members (excludes halogenated alkanes) is 37. The van der Waals surface area contributed by atoms with E-state index in [1.165, 1.54) is 205 Å². The predicted octanol–water partition coefficient (Wildman–Crippen LogP) is 24.1. The Labute approximate surface area is 537 Å². The van der Waals surface area contributed by atoms with E-state index in [4.69, 9.17) is 24.3 Å². The van der Waals surface area contributed by atoms with E-state index in [1.54, 1.807) is 0 Å². The van der Waals surface area contributed by atoms with Crippen LogP contribution in [0, 0.1) is 0 Å². The van der Waals surface area contributed by atoms with Gasteiger partial charge in [-0.25, -0.2) is 4.57 Å². The predicted molar refractivity (Wildman–Crippen MR) is 376 cm³/mol. The van der Waals surface area contributed by atoms with E-state index in [1.807, 2.05) is 0 Å². The molecule has 0 aliphatic heterocycles. The highest BCUT2D eigenvalue weighted by atomic mass is 31.2. The first kappa shape index (κ1) is 83.7. The zero-order valence-electron chi connectivity index (χ0n) is 56.5. The molecule has 0 amide bonds. The molecule has 10 heteroatoms. The number of phosphoric ester groups is 1. The topological polar surface area (TPSA) is 134 Å². The van der Waals surface area contributed by atoms with Crippen LogP contribution in [0.3, 0.4) is 0 Å². The van der Waals surface area contributed by atoms with Crippen molar-refractivity contribution in [3.05, 3.63) is 109 Å². The summed E-state index contributed by atoms with van der Waals surface area (Å²) in [6.07, 6.45) is 99.1. The maximum atomic E-state index is 12.8. The second-order valence-corrected chi connectivity index (χ2v) is 25.5. The lowest BCUT2D eigenvalue weighted by molar-refractivity contribution is -0.161. The molecule has 0 aliphatic rings. The van der Waals surface area contributed by atoms with Gasteiger partial charge in [0, 0.05) is 19.4 Å². The molecule has 87 heavy (non-hydrogen) atoms. The molecular formula is C77H136NO8P. The van der Waals surface area contributed by atoms with Gasteiger partial charge in [0.2, 0.25) is 0 Å². The number of hydrogen-bond acceptors (Lipinski definition) is 8. The lowest BCUT2D eigenvalue weighted by Gasteiger charge is -2.19. The van der Waals surface area contributed by atoms with Crippen molar-refractivity contribution in [2.75, 3.05) is 26.4 Å². The van der Waals surface area contributed by atoms with Crippen molar-refractivity contribution < 1.29 is 37.6 Å². The molecule has 0 heterocycles. The second-order valence-electron chi connectivity index (χ2n) is 24.0. The highest BCUT2D eigenvalue weighted by Gasteiger charge is 2.26. The van der Waals surface area contributed by atoms with Crippen molar-refractivity contribution in [1.82, 2.24) is 0 Å². The van der Waals surface area contributed by atoms with Gasteiger partial charge in [0.25, 0.3) is 0 Å². The van der Waals surface area contributed by atoms with Crippen LogP contribution in [0.15, 0.2) is 109 Å². The Morgan fingerprint density at radius 1 is 0.345 bits per heavy atom. The zero-order valence-corrected chi connectivity index (χ0v) is 57.4. The Bertz CT molecular complexity index is 1800. The van der Waals surface area contributed by atoms with Gasteiger partial charge in [-0.15, -0.1) is 0 Å². The van der Waals surface area contributed by atoms with E-state index >= 15 is 0 Å². The van der Waals surface area contributed by atoms with E-state index in [2.05, 4.69) is 123 Å². The fourth-order valence-corrected chi connectivity index (χ4v) is 11.1. The normalized spacial score (nSPS) is 13.6. The van der Waals surface area contributed by atoms with E-state index in [-0.39, 0.29) is 38.6 Å². The van der Waals surface area contributed by atoms with Crippen molar-refractivity contribution in [2.45, 2.75) is 341 Å². The van der Waals surface area contributed by atoms with Crippen LogP contribution in [-0.2, 0) is 32.7 Å². The van der Waals surface area contributed by atoms with Crippen molar-refractivity contribution >= 4 is 19.8 Å². The fraction of sp³-hybridized carbons (Fsp3) is 0.740. The Kier molecular flexibility index (Phi) is 69.0. The van der Waals surface area contributed by atoms with E-state index in [0.29, 0.717) is 6.42 Å². The molecule has 2 atom stereocenters. The van der Waals surface area contributed by atoms with Crippen LogP contribution >= 0.6 is 7.82 Å². The molecule has 502 valence electrons. The summed E-state index contributed by atoms with van der Waals surface area (Å²) in [5.74, 6) is -0.815. The molecule has 0 radical (unpaired) electrons. The number of carbonyl (C=O) groups is 2. The van der Waals surface area contributed by atoms with E-state index < -0.39 is 26.5 Å². The van der Waals surface area contributed by atoms with Gasteiger partial charge in [-0.05, 0) is 96.3 Å². The summed E-state index contributed by atoms with van der Waals surface area (Å²) < 4.78 is 33.2. The minimum Gasteiger partial charge on any atom is -0.462 e. The van der Waals surface area contributed by atoms with Crippen molar-refractivity contribution in [3.8, 4) is 0 Å². The second kappa shape index (κ2) is 71.7. The van der Waals surface area contributed by atoms with Gasteiger partial charge in [-0.1, -0.05) is 335 Å². The maximum Gasteiger partial charge on any atom is 0.472 e. The molecule has 0 aromatic heterocycles. The standard InChI is InChI=1S/C77H136NO8P/c1-3-5-7-9-11-13-15-17-19-21-23-25-27-29-31-33-35-36-37-38-40-42-44-46-48-50-52-54-56-58-60-62-64-66-68-70-77(80)86-75(74-85-87(81,82)84-72-71-78)73-83-76(79)69-67-65-63-61-59-57-55-53-51-49-47-45-43-41-39-34-32-30-28-26-24-22-20-18-16-14-12-10-8-6-4-2/h5-8,11-14,17-20,23-26,29,31,75H,3-4,9-10,15-16,21-22,27-28,30,32-74,78H2,1-2H3,(H,81,82)/b7-5-,8-6-,13-11-,14-12-,19-17-,20-18-,25-23-,26-24-,31-29-. The number of esters is 2. The molecule has 0 aromatic rings. The highest BCUT2D eigenvalue weighted by molar-refractivity contribution is 7.47. The van der Waals surface area contributed by atoms with Crippen molar-refractivity contribution in [3.63, 3.8) is 0 Å². The minimum absolute atomic E-state index is 0.0521. The van der Waals surface area contributed by atoms with Crippen LogP contribution in [0.2, 0.25) is 0 Å². The van der Waals surface area contributed by atoms with Crippen LogP contribution in [-0.4, -0.2) is 49.3 Å². The molecule has 0 saturated heterocycles. The minimum atomic E-state index is -4.40. The molecule has 3 N–H and O–H groups in total. The maximum absolute atomic E-state index is 12.8. The van der Waals surface area contributed by atoms with Crippen molar-refractivity contribution in [1.29, 1.82) is 0 Å². The number of nitrogens with two attached hydrogens (primary N) is 1. The van der Waals surface area contributed by atoms with Gasteiger partial charge < -0.3 is 20.1 Å². The molecule has 0 aromatic carbocycles. The van der Waals surface area contributed by atoms with Crippen LogP contribution in [0.5, 0.6) is 0 Å². The summed E-state index contributed by atoms with van der Waals surface area (Å²) in [6, 6.07) is 0. The Morgan fingerprint density at radius 2 is 0.598 bits per heavy atom. The third kappa shape index (κ3) is 71.6. The van der Waals surface area contributed by atoms with Crippen LogP contribution in [0.1, 0.15) is 335 Å². The summed E-state index contributed by atoms with van der Waals surface area (Å²) >= 11 is 0. The number of carbonyl (C=O) groups excluding carboxylic acids is 2. The van der Waals surface area contributed by atoms with Gasteiger partial charge in [0.05, 0.1) is 13.2 Å². The van der Waals surface area contributed by atoms with E-state index in [0.717, 1.165) is 96.3 Å². The number of allylic oxidation sites excluding steroid dienone is 18. The number of hydrogen-bond donors (Lipinski definition) is 2. The molecule has 0 bridgehead atoms. The lowest BCUT2D eigenvalue weighted by Crippen LogP contribution is -2.29. The zero-order chi connectivity index (χ0) is 63.0. The first-order valence-electron chi connectivity index (χ1n) is 36.4. The Balaban J connectivity index is 3.83. The van der Waals surface area contributed by atoms with Gasteiger partial charge in [0.15, 0.2) is 6.10 Å². The molecular weight excluding hydrogens is 1100 g/mol. The quantitative estimate of drug-likeness (QED) is 0.0264. The fourth-order valence-electron chi connectivity index (χ4n) is 10.4. The third-order valence-electron chi connectivity index (χ3n) is 15.7. The average molecular weight is 1230 g/mol. The SMILES string of the molecule is CC/C=C\C/C=C\C/C=C\C/C=C\C/C=C\CCCCCCCCCCCCCCCCCCCCCC(=O)OC(COC(=O)CCCCCCCCCCCCCCCCCCCC/C=C\C/C=C\C/C=C\C/C=C\CC)COP(=O)(O)OCCN. The van der Waals surface area contributed by atoms with Crippen LogP contribution in [0.4, 0.5) is 0 Å². The largest absolute Gasteiger partial charge is 0.472 e. The number of ether oxygens (including phenoxy) is 2. The number of phosphoric acid groups is 1. The lowest BCUT2D eigenvalue weighted by atomic mass is 10.0. The first-order valence-corrected chi connectivity index (χ1v) is 37.9. The van der Waals surface area contributed by atoms with Crippen LogP contribution in [0.25, 0.3) is 0 Å².